The lowest BCUT2D eigenvalue weighted by Crippen LogP contribution is -2.04. The summed E-state index contributed by atoms with van der Waals surface area (Å²) in [4.78, 5) is 0. The van der Waals surface area contributed by atoms with Gasteiger partial charge < -0.3 is 10.5 Å². The second-order valence-electron chi connectivity index (χ2n) is 4.04. The molecule has 0 spiro atoms. The van der Waals surface area contributed by atoms with Crippen LogP contribution in [0.2, 0.25) is 0 Å². The number of ether oxygens (including phenoxy) is 1. The predicted octanol–water partition coefficient (Wildman–Crippen LogP) is 2.93. The van der Waals surface area contributed by atoms with Gasteiger partial charge in [0.2, 0.25) is 0 Å². The molecule has 0 aliphatic rings. The first-order chi connectivity index (χ1) is 7.25. The lowest BCUT2D eigenvalue weighted by atomic mass is 10.0. The van der Waals surface area contributed by atoms with Gasteiger partial charge in [-0.3, -0.25) is 0 Å². The molecule has 2 N–H and O–H groups in total. The minimum Gasteiger partial charge on any atom is -0.493 e. The summed E-state index contributed by atoms with van der Waals surface area (Å²) >= 11 is 0. The lowest BCUT2D eigenvalue weighted by molar-refractivity contribution is 0.303. The van der Waals surface area contributed by atoms with E-state index in [2.05, 4.69) is 26.0 Å². The van der Waals surface area contributed by atoms with E-state index >= 15 is 0 Å². The van der Waals surface area contributed by atoms with Crippen LogP contribution in [-0.2, 0) is 0 Å². The first-order valence-corrected chi connectivity index (χ1v) is 5.67. The standard InChI is InChI=1S/C13H21NO/c1-11(2)12-7-3-4-8-13(12)15-10-6-5-9-14/h3-4,7-8,11H,5-6,9-10,14H2,1-2H3. The third-order valence-corrected chi connectivity index (χ3v) is 2.40. The van der Waals surface area contributed by atoms with Crippen LogP contribution in [0.25, 0.3) is 0 Å². The van der Waals surface area contributed by atoms with Crippen molar-refractivity contribution in [2.75, 3.05) is 13.2 Å². The Morgan fingerprint density at radius 1 is 1.20 bits per heavy atom. The van der Waals surface area contributed by atoms with Gasteiger partial charge in [0.1, 0.15) is 5.75 Å². The van der Waals surface area contributed by atoms with Crippen LogP contribution in [0.5, 0.6) is 5.75 Å². The molecule has 0 aliphatic heterocycles. The molecular weight excluding hydrogens is 186 g/mol. The third kappa shape index (κ3) is 3.92. The number of nitrogens with two attached hydrogens (primary N) is 1. The molecule has 2 nitrogen and oxygen atoms in total. The van der Waals surface area contributed by atoms with Gasteiger partial charge in [-0.2, -0.15) is 0 Å². The normalized spacial score (nSPS) is 10.7. The molecule has 0 atom stereocenters. The molecule has 0 heterocycles. The number of hydrogen-bond acceptors (Lipinski definition) is 2. The van der Waals surface area contributed by atoms with Gasteiger partial charge >= 0.3 is 0 Å². The summed E-state index contributed by atoms with van der Waals surface area (Å²) in [7, 11) is 0. The smallest absolute Gasteiger partial charge is 0.122 e. The maximum atomic E-state index is 5.74. The van der Waals surface area contributed by atoms with E-state index in [0.29, 0.717) is 5.92 Å². The van der Waals surface area contributed by atoms with E-state index < -0.39 is 0 Å². The van der Waals surface area contributed by atoms with Gasteiger partial charge in [0.25, 0.3) is 0 Å². The minimum absolute atomic E-state index is 0.510. The van der Waals surface area contributed by atoms with Crippen molar-refractivity contribution in [3.8, 4) is 5.75 Å². The molecule has 0 bridgehead atoms. The number of hydrogen-bond donors (Lipinski definition) is 1. The molecular formula is C13H21NO. The summed E-state index contributed by atoms with van der Waals surface area (Å²) < 4.78 is 5.74. The molecule has 15 heavy (non-hydrogen) atoms. The van der Waals surface area contributed by atoms with E-state index in [0.717, 1.165) is 31.7 Å². The summed E-state index contributed by atoms with van der Waals surface area (Å²) in [6.45, 7) is 5.88. The molecule has 0 saturated heterocycles. The largest absolute Gasteiger partial charge is 0.493 e. The quantitative estimate of drug-likeness (QED) is 0.728. The summed E-state index contributed by atoms with van der Waals surface area (Å²) in [6.07, 6.45) is 2.06. The second kappa shape index (κ2) is 6.46. The summed E-state index contributed by atoms with van der Waals surface area (Å²) in [5.74, 6) is 1.53. The van der Waals surface area contributed by atoms with Crippen molar-refractivity contribution in [2.24, 2.45) is 5.73 Å². The van der Waals surface area contributed by atoms with E-state index in [1.54, 1.807) is 0 Å². The number of rotatable bonds is 6. The van der Waals surface area contributed by atoms with Crippen molar-refractivity contribution in [1.29, 1.82) is 0 Å². The van der Waals surface area contributed by atoms with Crippen molar-refractivity contribution in [3.63, 3.8) is 0 Å². The molecule has 1 aromatic carbocycles. The lowest BCUT2D eigenvalue weighted by Gasteiger charge is -2.13. The predicted molar refractivity (Wildman–Crippen MR) is 64.3 cm³/mol. The van der Waals surface area contributed by atoms with Gasteiger partial charge in [-0.15, -0.1) is 0 Å². The van der Waals surface area contributed by atoms with Crippen molar-refractivity contribution in [1.82, 2.24) is 0 Å². The van der Waals surface area contributed by atoms with Gasteiger partial charge in [-0.05, 0) is 36.9 Å². The number of para-hydroxylation sites is 1. The first-order valence-electron chi connectivity index (χ1n) is 5.67. The van der Waals surface area contributed by atoms with E-state index in [9.17, 15) is 0 Å². The van der Waals surface area contributed by atoms with Crippen LogP contribution in [0.4, 0.5) is 0 Å². The zero-order valence-electron chi connectivity index (χ0n) is 9.70. The van der Waals surface area contributed by atoms with Crippen LogP contribution < -0.4 is 10.5 Å². The van der Waals surface area contributed by atoms with Gasteiger partial charge in [0.15, 0.2) is 0 Å². The Balaban J connectivity index is 2.52. The highest BCUT2D eigenvalue weighted by molar-refractivity contribution is 5.35. The highest BCUT2D eigenvalue weighted by Crippen LogP contribution is 2.25. The Bertz CT molecular complexity index is 284. The van der Waals surface area contributed by atoms with Crippen LogP contribution >= 0.6 is 0 Å². The van der Waals surface area contributed by atoms with Crippen LogP contribution in [0, 0.1) is 0 Å². The SMILES string of the molecule is CC(C)c1ccccc1OCCCCN. The summed E-state index contributed by atoms with van der Waals surface area (Å²) in [5.41, 5.74) is 6.71. The molecule has 0 unspecified atom stereocenters. The van der Waals surface area contributed by atoms with Gasteiger partial charge in [0.05, 0.1) is 6.61 Å². The van der Waals surface area contributed by atoms with Crippen LogP contribution in [-0.4, -0.2) is 13.2 Å². The molecule has 0 aliphatic carbocycles. The third-order valence-electron chi connectivity index (χ3n) is 2.40. The zero-order valence-corrected chi connectivity index (χ0v) is 9.70. The molecule has 1 aromatic rings. The molecule has 0 amide bonds. The Morgan fingerprint density at radius 2 is 1.93 bits per heavy atom. The van der Waals surface area contributed by atoms with Crippen LogP contribution in [0.3, 0.4) is 0 Å². The molecule has 0 radical (unpaired) electrons. The maximum absolute atomic E-state index is 5.74. The first kappa shape index (κ1) is 12.1. The number of unbranched alkanes of at least 4 members (excludes halogenated alkanes) is 1. The van der Waals surface area contributed by atoms with Gasteiger partial charge in [-0.25, -0.2) is 0 Å². The van der Waals surface area contributed by atoms with Crippen molar-refractivity contribution in [2.45, 2.75) is 32.6 Å². The topological polar surface area (TPSA) is 35.2 Å². The molecule has 0 saturated carbocycles. The maximum Gasteiger partial charge on any atom is 0.122 e. The van der Waals surface area contributed by atoms with E-state index in [1.807, 2.05) is 12.1 Å². The Labute approximate surface area is 92.4 Å². The fraction of sp³-hybridized carbons (Fsp3) is 0.538. The molecule has 84 valence electrons. The highest BCUT2D eigenvalue weighted by Gasteiger charge is 2.05. The number of benzene rings is 1. The fourth-order valence-electron chi connectivity index (χ4n) is 1.52. The van der Waals surface area contributed by atoms with Crippen LogP contribution in [0.15, 0.2) is 24.3 Å². The van der Waals surface area contributed by atoms with Gasteiger partial charge in [-0.1, -0.05) is 32.0 Å². The summed E-state index contributed by atoms with van der Waals surface area (Å²) in [6, 6.07) is 8.24. The molecule has 1 rings (SSSR count). The molecule has 0 aromatic heterocycles. The Kier molecular flexibility index (Phi) is 5.19. The monoisotopic (exact) mass is 207 g/mol. The Morgan fingerprint density at radius 3 is 2.60 bits per heavy atom. The Hall–Kier alpha value is -1.02. The average Bonchev–Trinajstić information content (AvgIpc) is 2.25. The van der Waals surface area contributed by atoms with E-state index in [1.165, 1.54) is 5.56 Å². The van der Waals surface area contributed by atoms with Crippen LogP contribution in [0.1, 0.15) is 38.2 Å². The van der Waals surface area contributed by atoms with Crippen molar-refractivity contribution >= 4 is 0 Å². The highest BCUT2D eigenvalue weighted by atomic mass is 16.5. The molecule has 0 fully saturated rings. The van der Waals surface area contributed by atoms with Crippen molar-refractivity contribution in [3.05, 3.63) is 29.8 Å². The van der Waals surface area contributed by atoms with Gasteiger partial charge in [0, 0.05) is 0 Å². The van der Waals surface area contributed by atoms with E-state index in [-0.39, 0.29) is 0 Å². The fourth-order valence-corrected chi connectivity index (χ4v) is 1.52. The summed E-state index contributed by atoms with van der Waals surface area (Å²) in [5, 5.41) is 0. The second-order valence-corrected chi connectivity index (χ2v) is 4.04. The average molecular weight is 207 g/mol. The minimum atomic E-state index is 0.510. The van der Waals surface area contributed by atoms with Crippen molar-refractivity contribution < 1.29 is 4.74 Å². The van der Waals surface area contributed by atoms with E-state index in [4.69, 9.17) is 10.5 Å². The zero-order chi connectivity index (χ0) is 11.1. The molecule has 2 heteroatoms.